The van der Waals surface area contributed by atoms with Crippen LogP contribution in [0.25, 0.3) is 0 Å². The summed E-state index contributed by atoms with van der Waals surface area (Å²) in [6.07, 6.45) is 5.36. The molecule has 1 N–H and O–H groups in total. The molecule has 0 saturated carbocycles. The van der Waals surface area contributed by atoms with E-state index in [1.807, 2.05) is 6.20 Å². The minimum atomic E-state index is -0.383. The molecule has 2 aromatic rings. The quantitative estimate of drug-likeness (QED) is 0.447. The van der Waals surface area contributed by atoms with Crippen LogP contribution in [0.1, 0.15) is 12.0 Å². The standard InChI is InChI=1S/C13H17N5O2/c19-18(20)13-4-2-12(3-5-13)6-8-14-7-1-10-17-11-9-15-16-17/h2-5,9,11,14H,1,6-8,10H2. The molecule has 0 aliphatic carbocycles. The van der Waals surface area contributed by atoms with Gasteiger partial charge in [-0.3, -0.25) is 14.8 Å². The average molecular weight is 275 g/mol. The van der Waals surface area contributed by atoms with Gasteiger partial charge in [-0.2, -0.15) is 0 Å². The van der Waals surface area contributed by atoms with Gasteiger partial charge in [-0.25, -0.2) is 0 Å². The van der Waals surface area contributed by atoms with Crippen molar-refractivity contribution in [2.75, 3.05) is 13.1 Å². The van der Waals surface area contributed by atoms with Gasteiger partial charge in [-0.15, -0.1) is 5.10 Å². The number of hydrogen-bond acceptors (Lipinski definition) is 5. The molecule has 0 atom stereocenters. The van der Waals surface area contributed by atoms with Gasteiger partial charge in [0.15, 0.2) is 0 Å². The Hall–Kier alpha value is -2.28. The normalized spacial score (nSPS) is 10.6. The third kappa shape index (κ3) is 4.43. The van der Waals surface area contributed by atoms with Crippen LogP contribution in [0, 0.1) is 10.1 Å². The van der Waals surface area contributed by atoms with Crippen molar-refractivity contribution >= 4 is 5.69 Å². The molecule has 106 valence electrons. The molecule has 0 fully saturated rings. The Kier molecular flexibility index (Phi) is 5.19. The highest BCUT2D eigenvalue weighted by molar-refractivity contribution is 5.32. The lowest BCUT2D eigenvalue weighted by Crippen LogP contribution is -2.20. The zero-order valence-corrected chi connectivity index (χ0v) is 11.1. The van der Waals surface area contributed by atoms with Crippen LogP contribution < -0.4 is 5.32 Å². The topological polar surface area (TPSA) is 85.9 Å². The predicted octanol–water partition coefficient (Wildman–Crippen LogP) is 1.41. The highest BCUT2D eigenvalue weighted by Crippen LogP contribution is 2.11. The summed E-state index contributed by atoms with van der Waals surface area (Å²) in [5.74, 6) is 0. The molecule has 0 unspecified atom stereocenters. The second kappa shape index (κ2) is 7.34. The van der Waals surface area contributed by atoms with Crippen LogP contribution in [-0.2, 0) is 13.0 Å². The summed E-state index contributed by atoms with van der Waals surface area (Å²) < 4.78 is 1.80. The van der Waals surface area contributed by atoms with E-state index >= 15 is 0 Å². The van der Waals surface area contributed by atoms with E-state index in [9.17, 15) is 10.1 Å². The summed E-state index contributed by atoms with van der Waals surface area (Å²) in [6, 6.07) is 6.69. The maximum absolute atomic E-state index is 10.5. The van der Waals surface area contributed by atoms with Crippen LogP contribution in [-0.4, -0.2) is 33.0 Å². The number of nitrogens with zero attached hydrogens (tertiary/aromatic N) is 4. The Morgan fingerprint density at radius 1 is 1.25 bits per heavy atom. The molecule has 0 amide bonds. The SMILES string of the molecule is O=[N+]([O-])c1ccc(CCNCCCn2ccnn2)cc1. The average Bonchev–Trinajstić information content (AvgIpc) is 2.96. The second-order valence-corrected chi connectivity index (χ2v) is 4.44. The highest BCUT2D eigenvalue weighted by Gasteiger charge is 2.03. The van der Waals surface area contributed by atoms with Crippen molar-refractivity contribution in [1.82, 2.24) is 20.3 Å². The van der Waals surface area contributed by atoms with Gasteiger partial charge >= 0.3 is 0 Å². The molecule has 0 radical (unpaired) electrons. The molecule has 0 bridgehead atoms. The number of benzene rings is 1. The Bertz CT molecular complexity index is 524. The molecule has 1 aromatic heterocycles. The largest absolute Gasteiger partial charge is 0.316 e. The van der Waals surface area contributed by atoms with Gasteiger partial charge < -0.3 is 5.32 Å². The Morgan fingerprint density at radius 3 is 2.70 bits per heavy atom. The van der Waals surface area contributed by atoms with E-state index in [-0.39, 0.29) is 10.6 Å². The first-order chi connectivity index (χ1) is 9.75. The molecule has 7 heteroatoms. The third-order valence-corrected chi connectivity index (χ3v) is 2.95. The summed E-state index contributed by atoms with van der Waals surface area (Å²) in [5.41, 5.74) is 1.23. The van der Waals surface area contributed by atoms with E-state index in [1.54, 1.807) is 35.1 Å². The van der Waals surface area contributed by atoms with Crippen molar-refractivity contribution in [2.24, 2.45) is 0 Å². The van der Waals surface area contributed by atoms with Crippen LogP contribution >= 0.6 is 0 Å². The molecule has 0 spiro atoms. The Balaban J connectivity index is 1.59. The number of aryl methyl sites for hydroxylation is 1. The van der Waals surface area contributed by atoms with Crippen LogP contribution in [0.5, 0.6) is 0 Å². The molecule has 0 aliphatic rings. The van der Waals surface area contributed by atoms with E-state index in [4.69, 9.17) is 0 Å². The van der Waals surface area contributed by atoms with Gasteiger partial charge in [0.1, 0.15) is 0 Å². The monoisotopic (exact) mass is 275 g/mol. The number of nitro benzene ring substituents is 1. The molecule has 2 rings (SSSR count). The summed E-state index contributed by atoms with van der Waals surface area (Å²) in [4.78, 5) is 10.1. The first-order valence-electron chi connectivity index (χ1n) is 6.54. The summed E-state index contributed by atoms with van der Waals surface area (Å²) in [5, 5.41) is 21.5. The number of hydrogen-bond donors (Lipinski definition) is 1. The molecule has 1 heterocycles. The smallest absolute Gasteiger partial charge is 0.269 e. The fourth-order valence-corrected chi connectivity index (χ4v) is 1.86. The predicted molar refractivity (Wildman–Crippen MR) is 74.3 cm³/mol. The number of non-ortho nitro benzene ring substituents is 1. The summed E-state index contributed by atoms with van der Waals surface area (Å²) in [6.45, 7) is 2.62. The molecule has 0 saturated heterocycles. The van der Waals surface area contributed by atoms with E-state index in [0.29, 0.717) is 0 Å². The van der Waals surface area contributed by atoms with Crippen molar-refractivity contribution in [3.05, 3.63) is 52.3 Å². The van der Waals surface area contributed by atoms with Crippen LogP contribution in [0.15, 0.2) is 36.7 Å². The minimum Gasteiger partial charge on any atom is -0.316 e. The van der Waals surface area contributed by atoms with Gasteiger partial charge in [0.25, 0.3) is 5.69 Å². The number of nitrogens with one attached hydrogen (secondary N) is 1. The molecule has 20 heavy (non-hydrogen) atoms. The van der Waals surface area contributed by atoms with Gasteiger partial charge in [0, 0.05) is 24.9 Å². The first-order valence-corrected chi connectivity index (χ1v) is 6.54. The maximum Gasteiger partial charge on any atom is 0.269 e. The molecule has 1 aromatic carbocycles. The third-order valence-electron chi connectivity index (χ3n) is 2.95. The van der Waals surface area contributed by atoms with Crippen LogP contribution in [0.3, 0.4) is 0 Å². The van der Waals surface area contributed by atoms with Gasteiger partial charge in [-0.1, -0.05) is 17.3 Å². The summed E-state index contributed by atoms with van der Waals surface area (Å²) >= 11 is 0. The van der Waals surface area contributed by atoms with Crippen molar-refractivity contribution in [3.63, 3.8) is 0 Å². The number of rotatable bonds is 8. The number of aromatic nitrogens is 3. The maximum atomic E-state index is 10.5. The van der Waals surface area contributed by atoms with Crippen LogP contribution in [0.2, 0.25) is 0 Å². The lowest BCUT2D eigenvalue weighted by atomic mass is 10.1. The fraction of sp³-hybridized carbons (Fsp3) is 0.385. The minimum absolute atomic E-state index is 0.134. The molecule has 0 aliphatic heterocycles. The molecular formula is C13H17N5O2. The zero-order valence-electron chi connectivity index (χ0n) is 11.1. The summed E-state index contributed by atoms with van der Waals surface area (Å²) in [7, 11) is 0. The van der Waals surface area contributed by atoms with Crippen molar-refractivity contribution in [2.45, 2.75) is 19.4 Å². The Labute approximate surface area is 116 Å². The van der Waals surface area contributed by atoms with E-state index in [2.05, 4.69) is 15.6 Å². The molecule has 7 nitrogen and oxygen atoms in total. The van der Waals surface area contributed by atoms with E-state index in [1.165, 1.54) is 0 Å². The first kappa shape index (κ1) is 14.1. The van der Waals surface area contributed by atoms with Gasteiger partial charge in [-0.05, 0) is 31.5 Å². The van der Waals surface area contributed by atoms with E-state index in [0.717, 1.165) is 38.0 Å². The Morgan fingerprint density at radius 2 is 2.05 bits per heavy atom. The van der Waals surface area contributed by atoms with E-state index < -0.39 is 0 Å². The highest BCUT2D eigenvalue weighted by atomic mass is 16.6. The second-order valence-electron chi connectivity index (χ2n) is 4.44. The lowest BCUT2D eigenvalue weighted by molar-refractivity contribution is -0.384. The number of nitro groups is 1. The fourth-order valence-electron chi connectivity index (χ4n) is 1.86. The zero-order chi connectivity index (χ0) is 14.2. The van der Waals surface area contributed by atoms with Gasteiger partial charge in [0.05, 0.1) is 11.1 Å². The van der Waals surface area contributed by atoms with Crippen molar-refractivity contribution in [3.8, 4) is 0 Å². The van der Waals surface area contributed by atoms with Gasteiger partial charge in [0.2, 0.25) is 0 Å². The lowest BCUT2D eigenvalue weighted by Gasteiger charge is -2.05. The van der Waals surface area contributed by atoms with Crippen LogP contribution in [0.4, 0.5) is 5.69 Å². The molecular weight excluding hydrogens is 258 g/mol. The van der Waals surface area contributed by atoms with Crippen molar-refractivity contribution < 1.29 is 4.92 Å². The van der Waals surface area contributed by atoms with Crippen molar-refractivity contribution in [1.29, 1.82) is 0 Å².